The van der Waals surface area contributed by atoms with Crippen molar-refractivity contribution in [2.75, 3.05) is 7.05 Å². The molecule has 1 rings (SSSR count). The second kappa shape index (κ2) is 3.28. The van der Waals surface area contributed by atoms with E-state index in [1.807, 2.05) is 20.8 Å². The molecule has 0 atom stereocenters. The van der Waals surface area contributed by atoms with Crippen molar-refractivity contribution < 1.29 is 4.79 Å². The average molecular weight is 198 g/mol. The Bertz CT molecular complexity index is 396. The molecule has 78 valence electrons. The number of carbonyl (C=O) groups excluding carboxylic acids is 1. The van der Waals surface area contributed by atoms with E-state index in [4.69, 9.17) is 0 Å². The van der Waals surface area contributed by atoms with Crippen LogP contribution in [-0.4, -0.2) is 27.8 Å². The number of nitrogens with one attached hydrogen (secondary N) is 2. The molecule has 0 fully saturated rings. The van der Waals surface area contributed by atoms with Crippen LogP contribution in [0.5, 0.6) is 0 Å². The molecule has 1 amide bonds. The largest absolute Gasteiger partial charge is 0.361 e. The summed E-state index contributed by atoms with van der Waals surface area (Å²) in [6.45, 7) is 5.63. The molecule has 0 saturated carbocycles. The maximum Gasteiger partial charge on any atom is 0.361 e. The number of aromatic nitrogens is 3. The quantitative estimate of drug-likeness (QED) is 0.618. The maximum atomic E-state index is 11.3. The third-order valence-electron chi connectivity index (χ3n) is 1.71. The number of aromatic amines is 1. The molecule has 0 saturated heterocycles. The highest BCUT2D eigenvalue weighted by atomic mass is 16.2. The van der Waals surface area contributed by atoms with Crippen molar-refractivity contribution in [1.29, 1.82) is 0 Å². The second-order valence-corrected chi connectivity index (χ2v) is 3.99. The van der Waals surface area contributed by atoms with Gasteiger partial charge in [-0.05, 0) is 0 Å². The highest BCUT2D eigenvalue weighted by Crippen LogP contribution is 2.17. The van der Waals surface area contributed by atoms with Gasteiger partial charge >= 0.3 is 11.7 Å². The molecule has 1 aromatic rings. The van der Waals surface area contributed by atoms with E-state index in [1.165, 1.54) is 7.05 Å². The van der Waals surface area contributed by atoms with Crippen LogP contribution in [0.3, 0.4) is 0 Å². The molecular formula is C8H14N4O2. The van der Waals surface area contributed by atoms with E-state index < -0.39 is 11.7 Å². The van der Waals surface area contributed by atoms with Gasteiger partial charge < -0.3 is 5.32 Å². The highest BCUT2D eigenvalue weighted by molar-refractivity contribution is 5.75. The zero-order valence-corrected chi connectivity index (χ0v) is 8.71. The average Bonchev–Trinajstić information content (AvgIpc) is 2.45. The van der Waals surface area contributed by atoms with Gasteiger partial charge in [0.15, 0.2) is 0 Å². The summed E-state index contributed by atoms with van der Waals surface area (Å²) in [5.74, 6) is 0.418. The fraction of sp³-hybridized carbons (Fsp3) is 0.625. The Hall–Kier alpha value is -1.59. The summed E-state index contributed by atoms with van der Waals surface area (Å²) in [5, 5.41) is 4.76. The minimum atomic E-state index is -0.515. The number of hydrogen-bond donors (Lipinski definition) is 2. The Morgan fingerprint density at radius 3 is 2.50 bits per heavy atom. The van der Waals surface area contributed by atoms with Gasteiger partial charge in [0.2, 0.25) is 0 Å². The number of H-pyrrole nitrogens is 1. The van der Waals surface area contributed by atoms with Crippen molar-refractivity contribution in [1.82, 2.24) is 20.1 Å². The van der Waals surface area contributed by atoms with Gasteiger partial charge in [0.1, 0.15) is 5.82 Å². The number of rotatable bonds is 0. The maximum absolute atomic E-state index is 11.3. The minimum absolute atomic E-state index is 0.355. The van der Waals surface area contributed by atoms with Gasteiger partial charge in [-0.15, -0.1) is 0 Å². The minimum Gasteiger partial charge on any atom is -0.339 e. The lowest BCUT2D eigenvalue weighted by atomic mass is 9.96. The highest BCUT2D eigenvalue weighted by Gasteiger charge is 2.24. The fourth-order valence-corrected chi connectivity index (χ4v) is 1.08. The van der Waals surface area contributed by atoms with Crippen LogP contribution in [0.1, 0.15) is 26.6 Å². The fourth-order valence-electron chi connectivity index (χ4n) is 1.08. The van der Waals surface area contributed by atoms with E-state index >= 15 is 0 Å². The molecule has 0 aromatic carbocycles. The number of amides is 1. The number of hydrogen-bond acceptors (Lipinski definition) is 3. The normalized spacial score (nSPS) is 11.4. The summed E-state index contributed by atoms with van der Waals surface area (Å²) in [7, 11) is 1.49. The topological polar surface area (TPSA) is 79.8 Å². The Labute approximate surface area is 81.3 Å². The third-order valence-corrected chi connectivity index (χ3v) is 1.71. The SMILES string of the molecule is CNC(=O)n1[nH]c(=O)nc1C(C)(C)C. The van der Waals surface area contributed by atoms with Crippen LogP contribution in [0.2, 0.25) is 0 Å². The van der Waals surface area contributed by atoms with E-state index in [2.05, 4.69) is 15.4 Å². The number of carbonyl (C=O) groups is 1. The van der Waals surface area contributed by atoms with Gasteiger partial charge in [0.05, 0.1) is 0 Å². The first-order valence-electron chi connectivity index (χ1n) is 4.28. The van der Waals surface area contributed by atoms with Gasteiger partial charge in [0, 0.05) is 12.5 Å². The van der Waals surface area contributed by atoms with Crippen LogP contribution < -0.4 is 11.0 Å². The van der Waals surface area contributed by atoms with Crippen LogP contribution in [0.15, 0.2) is 4.79 Å². The number of nitrogens with zero attached hydrogens (tertiary/aromatic N) is 2. The van der Waals surface area contributed by atoms with E-state index in [1.54, 1.807) is 0 Å². The Morgan fingerprint density at radius 2 is 2.07 bits per heavy atom. The first kappa shape index (κ1) is 10.5. The lowest BCUT2D eigenvalue weighted by molar-refractivity contribution is 0.239. The first-order valence-corrected chi connectivity index (χ1v) is 4.28. The van der Waals surface area contributed by atoms with Crippen LogP contribution in [0, 0.1) is 0 Å². The summed E-state index contributed by atoms with van der Waals surface area (Å²) < 4.78 is 1.13. The summed E-state index contributed by atoms with van der Waals surface area (Å²) in [4.78, 5) is 26.1. The van der Waals surface area contributed by atoms with Gasteiger partial charge in [-0.2, -0.15) is 9.67 Å². The van der Waals surface area contributed by atoms with E-state index in [0.29, 0.717) is 5.82 Å². The Kier molecular flexibility index (Phi) is 2.46. The first-order chi connectivity index (χ1) is 6.36. The van der Waals surface area contributed by atoms with Gasteiger partial charge in [-0.1, -0.05) is 20.8 Å². The molecule has 0 spiro atoms. The zero-order chi connectivity index (χ0) is 10.9. The smallest absolute Gasteiger partial charge is 0.339 e. The zero-order valence-electron chi connectivity index (χ0n) is 8.71. The summed E-state index contributed by atoms with van der Waals surface area (Å²) in [5.41, 5.74) is -0.871. The van der Waals surface area contributed by atoms with E-state index in [0.717, 1.165) is 4.68 Å². The van der Waals surface area contributed by atoms with Crippen LogP contribution in [0.4, 0.5) is 4.79 Å². The molecule has 1 heterocycles. The molecule has 0 radical (unpaired) electrons. The standard InChI is InChI=1S/C8H14N4O2/c1-8(2,3)5-10-6(13)11-12(5)7(14)9-4/h1-4H3,(H,9,14)(H,11,13). The third kappa shape index (κ3) is 1.84. The van der Waals surface area contributed by atoms with Crippen LogP contribution >= 0.6 is 0 Å². The lowest BCUT2D eigenvalue weighted by Gasteiger charge is -2.17. The molecule has 1 aromatic heterocycles. The molecule has 2 N–H and O–H groups in total. The van der Waals surface area contributed by atoms with Crippen molar-refractivity contribution in [3.05, 3.63) is 16.3 Å². The van der Waals surface area contributed by atoms with Crippen molar-refractivity contribution >= 4 is 6.03 Å². The molecule has 14 heavy (non-hydrogen) atoms. The Morgan fingerprint density at radius 1 is 1.50 bits per heavy atom. The second-order valence-electron chi connectivity index (χ2n) is 3.99. The monoisotopic (exact) mass is 198 g/mol. The van der Waals surface area contributed by atoms with Gasteiger partial charge in [0.25, 0.3) is 0 Å². The molecule has 0 aliphatic heterocycles. The summed E-state index contributed by atoms with van der Waals surface area (Å²) >= 11 is 0. The summed E-state index contributed by atoms with van der Waals surface area (Å²) in [6.07, 6.45) is 0. The van der Waals surface area contributed by atoms with Crippen molar-refractivity contribution in [3.8, 4) is 0 Å². The molecule has 0 aliphatic carbocycles. The summed E-state index contributed by atoms with van der Waals surface area (Å²) in [6, 6.07) is -0.399. The predicted molar refractivity (Wildman–Crippen MR) is 51.4 cm³/mol. The van der Waals surface area contributed by atoms with Gasteiger partial charge in [-0.3, -0.25) is 0 Å². The predicted octanol–water partition coefficient (Wildman–Crippen LogP) is 0.0564. The Balaban J connectivity index is 3.30. The molecule has 0 aliphatic rings. The molecular weight excluding hydrogens is 184 g/mol. The lowest BCUT2D eigenvalue weighted by Crippen LogP contribution is -2.31. The van der Waals surface area contributed by atoms with Crippen LogP contribution in [-0.2, 0) is 5.41 Å². The molecule has 0 unspecified atom stereocenters. The van der Waals surface area contributed by atoms with E-state index in [-0.39, 0.29) is 5.41 Å². The molecule has 6 heteroatoms. The molecule has 0 bridgehead atoms. The van der Waals surface area contributed by atoms with Gasteiger partial charge in [-0.25, -0.2) is 14.7 Å². The molecule has 6 nitrogen and oxygen atoms in total. The van der Waals surface area contributed by atoms with Crippen LogP contribution in [0.25, 0.3) is 0 Å². The van der Waals surface area contributed by atoms with Crippen molar-refractivity contribution in [2.45, 2.75) is 26.2 Å². The van der Waals surface area contributed by atoms with E-state index in [9.17, 15) is 9.59 Å². The van der Waals surface area contributed by atoms with Crippen molar-refractivity contribution in [2.24, 2.45) is 0 Å². The van der Waals surface area contributed by atoms with Crippen molar-refractivity contribution in [3.63, 3.8) is 0 Å².